The molecule has 1 amide bonds. The first-order valence-corrected chi connectivity index (χ1v) is 10.8. The normalized spacial score (nSPS) is 10.6. The maximum atomic E-state index is 12.9. The van der Waals surface area contributed by atoms with Crippen molar-refractivity contribution in [2.75, 3.05) is 12.4 Å². The summed E-state index contributed by atoms with van der Waals surface area (Å²) in [6.45, 7) is 2.85. The minimum Gasteiger partial charge on any atom is -0.496 e. The van der Waals surface area contributed by atoms with Crippen LogP contribution >= 0.6 is 11.6 Å². The number of amides is 1. The van der Waals surface area contributed by atoms with E-state index in [1.807, 2.05) is 48.0 Å². The number of nitrogens with one attached hydrogen (secondary N) is 1. The van der Waals surface area contributed by atoms with E-state index in [1.165, 1.54) is 0 Å². The lowest BCUT2D eigenvalue weighted by Crippen LogP contribution is -2.14. The third-order valence-electron chi connectivity index (χ3n) is 5.15. The van der Waals surface area contributed by atoms with Crippen molar-refractivity contribution in [1.82, 2.24) is 9.78 Å². The summed E-state index contributed by atoms with van der Waals surface area (Å²) in [7, 11) is 1.59. The number of rotatable bonds is 8. The standard InChI is InChI=1S/C26H24ClN3O3/c1-18-14-25(29-30(18)16-19-6-4-3-5-7-19)28-26(31)20-8-13-24(32-2)21(15-20)17-33-23-11-9-22(27)10-12-23/h3-15H,16-17H2,1-2H3,(H,28,29,31). The molecule has 1 aromatic heterocycles. The first kappa shape index (κ1) is 22.4. The number of carbonyl (C=O) groups is 1. The van der Waals surface area contributed by atoms with Crippen LogP contribution in [0.2, 0.25) is 5.02 Å². The molecular weight excluding hydrogens is 438 g/mol. The van der Waals surface area contributed by atoms with Crippen molar-refractivity contribution < 1.29 is 14.3 Å². The summed E-state index contributed by atoms with van der Waals surface area (Å²) >= 11 is 5.92. The number of aryl methyl sites for hydroxylation is 1. The summed E-state index contributed by atoms with van der Waals surface area (Å²) in [6, 6.07) is 24.3. The van der Waals surface area contributed by atoms with Crippen molar-refractivity contribution in [3.8, 4) is 11.5 Å². The smallest absolute Gasteiger partial charge is 0.256 e. The number of methoxy groups -OCH3 is 1. The molecule has 0 aliphatic carbocycles. The van der Waals surface area contributed by atoms with Gasteiger partial charge in [-0.25, -0.2) is 0 Å². The fraction of sp³-hybridized carbons (Fsp3) is 0.154. The van der Waals surface area contributed by atoms with Crippen LogP contribution in [0.1, 0.15) is 27.2 Å². The Kier molecular flexibility index (Phi) is 6.95. The number of anilines is 1. The number of halogens is 1. The summed E-state index contributed by atoms with van der Waals surface area (Å²) in [6.07, 6.45) is 0. The molecule has 3 aromatic carbocycles. The quantitative estimate of drug-likeness (QED) is 0.363. The van der Waals surface area contributed by atoms with Crippen molar-refractivity contribution in [1.29, 1.82) is 0 Å². The second-order valence-electron chi connectivity index (χ2n) is 7.54. The Bertz CT molecular complexity index is 1240. The topological polar surface area (TPSA) is 65.4 Å². The lowest BCUT2D eigenvalue weighted by atomic mass is 10.1. The number of aromatic nitrogens is 2. The molecule has 0 saturated heterocycles. The predicted molar refractivity (Wildman–Crippen MR) is 129 cm³/mol. The van der Waals surface area contributed by atoms with Gasteiger partial charge in [0.15, 0.2) is 5.82 Å². The molecular formula is C26H24ClN3O3. The minimum absolute atomic E-state index is 0.247. The molecule has 6 nitrogen and oxygen atoms in total. The van der Waals surface area contributed by atoms with E-state index in [2.05, 4.69) is 10.4 Å². The SMILES string of the molecule is COc1ccc(C(=O)Nc2cc(C)n(Cc3ccccc3)n2)cc1COc1ccc(Cl)cc1. The lowest BCUT2D eigenvalue weighted by molar-refractivity contribution is 0.102. The van der Waals surface area contributed by atoms with Crippen molar-refractivity contribution in [3.63, 3.8) is 0 Å². The van der Waals surface area contributed by atoms with Gasteiger partial charge in [0.25, 0.3) is 5.91 Å². The Morgan fingerprint density at radius 1 is 1.03 bits per heavy atom. The Labute approximate surface area is 197 Å². The van der Waals surface area contributed by atoms with E-state index in [9.17, 15) is 4.79 Å². The fourth-order valence-corrected chi connectivity index (χ4v) is 3.53. The van der Waals surface area contributed by atoms with E-state index in [-0.39, 0.29) is 12.5 Å². The number of carbonyl (C=O) groups excluding carboxylic acids is 1. The highest BCUT2D eigenvalue weighted by Gasteiger charge is 2.14. The molecule has 0 aliphatic heterocycles. The first-order valence-electron chi connectivity index (χ1n) is 10.5. The van der Waals surface area contributed by atoms with E-state index < -0.39 is 0 Å². The molecule has 0 atom stereocenters. The maximum Gasteiger partial charge on any atom is 0.256 e. The second-order valence-corrected chi connectivity index (χ2v) is 7.97. The molecule has 0 saturated carbocycles. The Morgan fingerprint density at radius 3 is 2.52 bits per heavy atom. The molecule has 1 heterocycles. The Morgan fingerprint density at radius 2 is 1.79 bits per heavy atom. The highest BCUT2D eigenvalue weighted by atomic mass is 35.5. The highest BCUT2D eigenvalue weighted by molar-refractivity contribution is 6.30. The van der Waals surface area contributed by atoms with Gasteiger partial charge < -0.3 is 14.8 Å². The van der Waals surface area contributed by atoms with Gasteiger partial charge in [-0.3, -0.25) is 9.48 Å². The minimum atomic E-state index is -0.255. The number of nitrogens with zero attached hydrogens (tertiary/aromatic N) is 2. The van der Waals surface area contributed by atoms with Gasteiger partial charge in [-0.15, -0.1) is 0 Å². The van der Waals surface area contributed by atoms with Gasteiger partial charge in [-0.1, -0.05) is 41.9 Å². The molecule has 7 heteroatoms. The van der Waals surface area contributed by atoms with E-state index in [0.717, 1.165) is 16.8 Å². The van der Waals surface area contributed by atoms with Gasteiger partial charge in [0.05, 0.1) is 13.7 Å². The van der Waals surface area contributed by atoms with Crippen molar-refractivity contribution >= 4 is 23.3 Å². The third kappa shape index (κ3) is 5.73. The van der Waals surface area contributed by atoms with Crippen LogP contribution in [0.4, 0.5) is 5.82 Å². The number of ether oxygens (including phenoxy) is 2. The van der Waals surface area contributed by atoms with Crippen LogP contribution < -0.4 is 14.8 Å². The predicted octanol–water partition coefficient (Wildman–Crippen LogP) is 5.73. The van der Waals surface area contributed by atoms with Crippen LogP contribution in [0.25, 0.3) is 0 Å². The molecule has 33 heavy (non-hydrogen) atoms. The molecule has 0 aliphatic rings. The molecule has 168 valence electrons. The van der Waals surface area contributed by atoms with Crippen LogP contribution in [0.15, 0.2) is 78.9 Å². The molecule has 1 N–H and O–H groups in total. The molecule has 0 bridgehead atoms. The average Bonchev–Trinajstić information content (AvgIpc) is 3.17. The maximum absolute atomic E-state index is 12.9. The van der Waals surface area contributed by atoms with Crippen LogP contribution in [0.3, 0.4) is 0 Å². The van der Waals surface area contributed by atoms with Crippen molar-refractivity contribution in [2.45, 2.75) is 20.1 Å². The molecule has 0 radical (unpaired) electrons. The summed E-state index contributed by atoms with van der Waals surface area (Å²) < 4.78 is 13.1. The van der Waals surface area contributed by atoms with Gasteiger partial charge in [0.1, 0.15) is 18.1 Å². The van der Waals surface area contributed by atoms with Crippen LogP contribution in [0.5, 0.6) is 11.5 Å². The summed E-state index contributed by atoms with van der Waals surface area (Å²) in [5.41, 5.74) is 3.34. The largest absolute Gasteiger partial charge is 0.496 e. The average molecular weight is 462 g/mol. The fourth-order valence-electron chi connectivity index (χ4n) is 3.40. The lowest BCUT2D eigenvalue weighted by Gasteiger charge is -2.12. The van der Waals surface area contributed by atoms with Crippen LogP contribution in [0, 0.1) is 6.92 Å². The Balaban J connectivity index is 1.46. The summed E-state index contributed by atoms with van der Waals surface area (Å²) in [4.78, 5) is 12.9. The van der Waals surface area contributed by atoms with Crippen molar-refractivity contribution in [3.05, 3.63) is 106 Å². The molecule has 4 rings (SSSR count). The second kappa shape index (κ2) is 10.2. The van der Waals surface area contributed by atoms with Gasteiger partial charge in [0, 0.05) is 27.9 Å². The molecule has 0 fully saturated rings. The number of benzene rings is 3. The van der Waals surface area contributed by atoms with E-state index >= 15 is 0 Å². The summed E-state index contributed by atoms with van der Waals surface area (Å²) in [5.74, 6) is 1.57. The molecule has 4 aromatic rings. The zero-order valence-corrected chi connectivity index (χ0v) is 19.2. The van der Waals surface area contributed by atoms with Crippen molar-refractivity contribution in [2.24, 2.45) is 0 Å². The monoisotopic (exact) mass is 461 g/mol. The number of hydrogen-bond donors (Lipinski definition) is 1. The van der Waals surface area contributed by atoms with Gasteiger partial charge >= 0.3 is 0 Å². The zero-order valence-electron chi connectivity index (χ0n) is 18.4. The Hall–Kier alpha value is -3.77. The van der Waals surface area contributed by atoms with Crippen LogP contribution in [-0.4, -0.2) is 22.8 Å². The van der Waals surface area contributed by atoms with Gasteiger partial charge in [-0.2, -0.15) is 5.10 Å². The molecule has 0 unspecified atom stereocenters. The van der Waals surface area contributed by atoms with E-state index in [0.29, 0.717) is 34.4 Å². The van der Waals surface area contributed by atoms with E-state index in [1.54, 1.807) is 49.6 Å². The van der Waals surface area contributed by atoms with E-state index in [4.69, 9.17) is 21.1 Å². The number of hydrogen-bond acceptors (Lipinski definition) is 4. The van der Waals surface area contributed by atoms with Gasteiger partial charge in [-0.05, 0) is 55.0 Å². The first-order chi connectivity index (χ1) is 16.0. The third-order valence-corrected chi connectivity index (χ3v) is 5.40. The van der Waals surface area contributed by atoms with Crippen LogP contribution in [-0.2, 0) is 13.2 Å². The zero-order chi connectivity index (χ0) is 23.2. The molecule has 0 spiro atoms. The van der Waals surface area contributed by atoms with Gasteiger partial charge in [0.2, 0.25) is 0 Å². The summed E-state index contributed by atoms with van der Waals surface area (Å²) in [5, 5.41) is 8.06. The highest BCUT2D eigenvalue weighted by Crippen LogP contribution is 2.24.